The van der Waals surface area contributed by atoms with Crippen LogP contribution in [0.3, 0.4) is 0 Å². The van der Waals surface area contributed by atoms with Crippen LogP contribution in [0.4, 0.5) is 5.82 Å². The fraction of sp³-hybridized carbons (Fsp3) is 0.194. The van der Waals surface area contributed by atoms with Crippen LogP contribution in [-0.4, -0.2) is 50.1 Å². The van der Waals surface area contributed by atoms with E-state index in [2.05, 4.69) is 0 Å². The number of morpholine rings is 1. The Morgan fingerprint density at radius 2 is 1.44 bits per heavy atom. The van der Waals surface area contributed by atoms with E-state index in [1.807, 2.05) is 6.07 Å². The highest BCUT2D eigenvalue weighted by molar-refractivity contribution is 7.93. The highest BCUT2D eigenvalue weighted by Crippen LogP contribution is 2.49. The molecule has 0 unspecified atom stereocenters. The molecule has 218 valence electrons. The molecule has 2 aliphatic rings. The maximum absolute atomic E-state index is 14.8. The normalized spacial score (nSPS) is 16.0. The topological polar surface area (TPSA) is 113 Å². The lowest BCUT2D eigenvalue weighted by Crippen LogP contribution is -2.48. The summed E-state index contributed by atoms with van der Waals surface area (Å²) in [5, 5.41) is 10.7. The Morgan fingerprint density at radius 1 is 0.860 bits per heavy atom. The zero-order valence-corrected chi connectivity index (χ0v) is 24.9. The summed E-state index contributed by atoms with van der Waals surface area (Å²) in [6.45, 7) is 1.23. The molecule has 2 aliphatic heterocycles. The minimum absolute atomic E-state index is 0.0428. The highest BCUT2D eigenvalue weighted by atomic mass is 35.5. The van der Waals surface area contributed by atoms with Crippen molar-refractivity contribution in [3.8, 4) is 6.07 Å². The van der Waals surface area contributed by atoms with E-state index in [9.17, 15) is 23.3 Å². The van der Waals surface area contributed by atoms with Gasteiger partial charge in [0, 0.05) is 23.1 Å². The van der Waals surface area contributed by atoms with Crippen molar-refractivity contribution in [2.45, 2.75) is 17.0 Å². The van der Waals surface area contributed by atoms with Gasteiger partial charge in [0.2, 0.25) is 0 Å². The summed E-state index contributed by atoms with van der Waals surface area (Å²) in [6, 6.07) is 24.1. The molecule has 3 aromatic carbocycles. The first-order chi connectivity index (χ1) is 20.7. The first-order valence-corrected chi connectivity index (χ1v) is 15.6. The minimum Gasteiger partial charge on any atom is -0.378 e. The number of aromatic nitrogens is 1. The Balaban J connectivity index is 1.65. The largest absolute Gasteiger partial charge is 0.378 e. The average Bonchev–Trinajstić information content (AvgIpc) is 3.40. The quantitative estimate of drug-likeness (QED) is 0.316. The number of anilines is 1. The second kappa shape index (κ2) is 11.2. The predicted octanol–water partition coefficient (Wildman–Crippen LogP) is 4.65. The summed E-state index contributed by atoms with van der Waals surface area (Å²) in [5.41, 5.74) is -1.26. The molecule has 0 spiro atoms. The van der Waals surface area contributed by atoms with Crippen LogP contribution in [0, 0.1) is 11.3 Å². The molecular formula is C31H24Cl2N4O5S. The molecule has 43 heavy (non-hydrogen) atoms. The Hall–Kier alpha value is -4.14. The van der Waals surface area contributed by atoms with Gasteiger partial charge in [0.15, 0.2) is 0 Å². The van der Waals surface area contributed by atoms with E-state index in [0.29, 0.717) is 47.5 Å². The van der Waals surface area contributed by atoms with E-state index in [1.54, 1.807) is 59.5 Å². The van der Waals surface area contributed by atoms with E-state index in [4.69, 9.17) is 27.9 Å². The van der Waals surface area contributed by atoms with Crippen molar-refractivity contribution in [1.29, 1.82) is 5.26 Å². The van der Waals surface area contributed by atoms with Crippen LogP contribution < -0.4 is 9.86 Å². The van der Waals surface area contributed by atoms with Crippen molar-refractivity contribution < 1.29 is 17.9 Å². The minimum atomic E-state index is -4.52. The first kappa shape index (κ1) is 29.0. The summed E-state index contributed by atoms with van der Waals surface area (Å²) >= 11 is 12.5. The zero-order valence-electron chi connectivity index (χ0n) is 22.6. The molecule has 9 nitrogen and oxygen atoms in total. The molecule has 0 bridgehead atoms. The third-order valence-electron chi connectivity index (χ3n) is 7.79. The molecule has 0 N–H and O–H groups in total. The smallest absolute Gasteiger partial charge is 0.267 e. The Bertz CT molecular complexity index is 1890. The molecule has 3 heterocycles. The number of rotatable bonds is 5. The number of sulfonamides is 1. The maximum atomic E-state index is 14.8. The van der Waals surface area contributed by atoms with Gasteiger partial charge in [-0.25, -0.2) is 12.7 Å². The van der Waals surface area contributed by atoms with E-state index in [0.717, 1.165) is 0 Å². The van der Waals surface area contributed by atoms with E-state index >= 15 is 0 Å². The van der Waals surface area contributed by atoms with Crippen molar-refractivity contribution >= 4 is 45.0 Å². The zero-order chi connectivity index (χ0) is 30.4. The number of halogens is 2. The van der Waals surface area contributed by atoms with Gasteiger partial charge in [-0.1, -0.05) is 59.6 Å². The molecule has 0 atom stereocenters. The van der Waals surface area contributed by atoms with Crippen molar-refractivity contribution in [3.05, 3.63) is 128 Å². The first-order valence-electron chi connectivity index (χ1n) is 13.4. The van der Waals surface area contributed by atoms with Gasteiger partial charge in [-0.3, -0.25) is 14.2 Å². The number of hydrogen-bond acceptors (Lipinski definition) is 6. The van der Waals surface area contributed by atoms with Gasteiger partial charge in [-0.2, -0.15) is 5.26 Å². The lowest BCUT2D eigenvalue weighted by atomic mass is 9.83. The van der Waals surface area contributed by atoms with Crippen molar-refractivity contribution in [2.24, 2.45) is 0 Å². The monoisotopic (exact) mass is 634 g/mol. The number of hydrogen-bond donors (Lipinski definition) is 0. The van der Waals surface area contributed by atoms with Gasteiger partial charge in [0.05, 0.1) is 25.3 Å². The van der Waals surface area contributed by atoms with Gasteiger partial charge in [0.25, 0.3) is 21.5 Å². The number of fused-ring (bicyclic) bond motifs is 1. The number of carbonyl (C=O) groups excluding carboxylic acids is 1. The summed E-state index contributed by atoms with van der Waals surface area (Å²) in [6.07, 6.45) is 0. The molecular weight excluding hydrogens is 611 g/mol. The number of carbonyl (C=O) groups is 1. The molecule has 1 amide bonds. The van der Waals surface area contributed by atoms with E-state index in [-0.39, 0.29) is 28.4 Å². The number of nitrogens with zero attached hydrogens (tertiary/aromatic N) is 4. The van der Waals surface area contributed by atoms with Gasteiger partial charge in [-0.15, -0.1) is 0 Å². The van der Waals surface area contributed by atoms with Gasteiger partial charge in [-0.05, 0) is 59.7 Å². The molecule has 1 fully saturated rings. The van der Waals surface area contributed by atoms with Gasteiger partial charge < -0.3 is 9.64 Å². The molecule has 1 saturated heterocycles. The fourth-order valence-corrected chi connectivity index (χ4v) is 7.91. The number of amides is 1. The molecule has 0 saturated carbocycles. The lowest BCUT2D eigenvalue weighted by Gasteiger charge is -2.39. The molecule has 0 radical (unpaired) electrons. The number of nitriles is 1. The summed E-state index contributed by atoms with van der Waals surface area (Å²) < 4.78 is 37.4. The summed E-state index contributed by atoms with van der Waals surface area (Å²) in [5.74, 6) is -0.413. The Labute approximate surface area is 258 Å². The second-order valence-electron chi connectivity index (χ2n) is 10.2. The Morgan fingerprint density at radius 3 is 2.02 bits per heavy atom. The molecule has 1 aromatic heterocycles. The van der Waals surface area contributed by atoms with E-state index < -0.39 is 27.0 Å². The lowest BCUT2D eigenvalue weighted by molar-refractivity contribution is 0.0301. The molecule has 4 aromatic rings. The van der Waals surface area contributed by atoms with Crippen LogP contribution in [-0.2, 0) is 26.8 Å². The van der Waals surface area contributed by atoms with Crippen LogP contribution in [0.25, 0.3) is 0 Å². The third-order valence-corrected chi connectivity index (χ3v) is 10.2. The van der Waals surface area contributed by atoms with Crippen LogP contribution in [0.5, 0.6) is 0 Å². The number of ether oxygens (including phenoxy) is 1. The SMILES string of the molecule is N#Cc1ccccc1S(=O)(=O)N1c2ccc(C(=O)N3CCOCC3)c(=O)n2CC1(c1ccc(Cl)cc1)c1ccc(Cl)cc1. The number of pyridine rings is 1. The van der Waals surface area contributed by atoms with Crippen LogP contribution in [0.1, 0.15) is 27.0 Å². The van der Waals surface area contributed by atoms with Crippen molar-refractivity contribution in [2.75, 3.05) is 30.6 Å². The van der Waals surface area contributed by atoms with Crippen LogP contribution >= 0.6 is 23.2 Å². The maximum Gasteiger partial charge on any atom is 0.267 e. The summed E-state index contributed by atoms with van der Waals surface area (Å²) in [4.78, 5) is 28.9. The second-order valence-corrected chi connectivity index (χ2v) is 12.8. The average molecular weight is 636 g/mol. The number of benzene rings is 3. The Kier molecular flexibility index (Phi) is 7.52. The van der Waals surface area contributed by atoms with Crippen molar-refractivity contribution in [1.82, 2.24) is 9.47 Å². The standard InChI is InChI=1S/C31H24Cl2N4O5S/c32-24-9-5-22(6-10-24)31(23-7-11-25(33)12-8-23)20-36-28(37(31)43(40,41)27-4-2-1-3-21(27)19-34)14-13-26(30(36)39)29(38)35-15-17-42-18-16-35/h1-14H,15-18,20H2. The van der Waals surface area contributed by atoms with Crippen LogP contribution in [0.2, 0.25) is 10.0 Å². The third kappa shape index (κ3) is 4.79. The summed E-state index contributed by atoms with van der Waals surface area (Å²) in [7, 11) is -4.52. The molecule has 6 rings (SSSR count). The van der Waals surface area contributed by atoms with Gasteiger partial charge in [0.1, 0.15) is 27.9 Å². The predicted molar refractivity (Wildman–Crippen MR) is 162 cm³/mol. The fourth-order valence-electron chi connectivity index (χ4n) is 5.73. The molecule has 0 aliphatic carbocycles. The van der Waals surface area contributed by atoms with Crippen molar-refractivity contribution in [3.63, 3.8) is 0 Å². The van der Waals surface area contributed by atoms with Gasteiger partial charge >= 0.3 is 0 Å². The molecule has 12 heteroatoms. The van der Waals surface area contributed by atoms with Crippen LogP contribution in [0.15, 0.2) is 94.6 Å². The van der Waals surface area contributed by atoms with E-state index in [1.165, 1.54) is 39.2 Å². The highest BCUT2D eigenvalue weighted by Gasteiger charge is 2.54.